The molecule has 6 heteroatoms. The minimum absolute atomic E-state index is 0.116. The van der Waals surface area contributed by atoms with Gasteiger partial charge in [-0.15, -0.1) is 0 Å². The Morgan fingerprint density at radius 1 is 1.14 bits per heavy atom. The van der Waals surface area contributed by atoms with Crippen molar-refractivity contribution in [3.8, 4) is 0 Å². The van der Waals surface area contributed by atoms with Gasteiger partial charge in [-0.25, -0.2) is 4.99 Å². The van der Waals surface area contributed by atoms with E-state index in [1.807, 2.05) is 0 Å². The molecule has 1 heterocycles. The van der Waals surface area contributed by atoms with Gasteiger partial charge in [-0.2, -0.15) is 4.99 Å². The van der Waals surface area contributed by atoms with Crippen LogP contribution < -0.4 is 10.6 Å². The smallest absolute Gasteiger partial charge is 0.231 e. The largest absolute Gasteiger partial charge is 0.313 e. The number of nitrogens with one attached hydrogen (secondary N) is 2. The highest BCUT2D eigenvalue weighted by Crippen LogP contribution is 1.95. The maximum atomic E-state index is 10.2. The van der Waals surface area contributed by atoms with E-state index in [1.54, 1.807) is 18.2 Å². The number of allylic oxidation sites excluding steroid dienone is 3. The van der Waals surface area contributed by atoms with Crippen LogP contribution in [0, 0.1) is 0 Å². The van der Waals surface area contributed by atoms with E-state index in [0.717, 1.165) is 0 Å². The van der Waals surface area contributed by atoms with Crippen molar-refractivity contribution in [3.63, 3.8) is 0 Å². The molecule has 72 valence electrons. The Morgan fingerprint density at radius 3 is 2.64 bits per heavy atom. The van der Waals surface area contributed by atoms with E-state index in [9.17, 15) is 9.59 Å². The normalized spacial score (nSPS) is 14.6. The van der Waals surface area contributed by atoms with Crippen LogP contribution in [0.3, 0.4) is 0 Å². The van der Waals surface area contributed by atoms with Gasteiger partial charge in [0.15, 0.2) is 0 Å². The van der Waals surface area contributed by atoms with Crippen molar-refractivity contribution in [1.29, 1.82) is 0 Å². The van der Waals surface area contributed by atoms with Crippen molar-refractivity contribution in [1.82, 2.24) is 10.6 Å². The van der Waals surface area contributed by atoms with E-state index in [4.69, 9.17) is 0 Å². The molecular formula is C8H8N4O2. The topological polar surface area (TPSA) is 82.9 Å². The van der Waals surface area contributed by atoms with Crippen LogP contribution in [0.25, 0.3) is 0 Å². The maximum absolute atomic E-state index is 10.2. The van der Waals surface area contributed by atoms with Crippen LogP contribution >= 0.6 is 0 Å². The second-order valence-corrected chi connectivity index (χ2v) is 2.17. The molecule has 0 aliphatic carbocycles. The second-order valence-electron chi connectivity index (χ2n) is 2.17. The zero-order chi connectivity index (χ0) is 10.2. The standard InChI is InChI=1S/C8H8N4O2/c13-5-10-7-3-1-2-4-9-8(12-7)11-6-14/h1-6H,(H2,9,10,11,12,13,14). The molecule has 0 saturated carbocycles. The minimum Gasteiger partial charge on any atom is -0.313 e. The molecule has 0 aromatic rings. The van der Waals surface area contributed by atoms with Crippen molar-refractivity contribution in [2.24, 2.45) is 9.98 Å². The Balaban J connectivity index is 2.86. The SMILES string of the molecule is O=CNC1=CC=CC=NC(NC=O)=N1. The van der Waals surface area contributed by atoms with Gasteiger partial charge >= 0.3 is 0 Å². The molecule has 2 N–H and O–H groups in total. The van der Waals surface area contributed by atoms with Gasteiger partial charge in [0.05, 0.1) is 0 Å². The molecule has 1 rings (SSSR count). The minimum atomic E-state index is 0.116. The molecule has 1 aliphatic heterocycles. The lowest BCUT2D eigenvalue weighted by atomic mass is 10.4. The fourth-order valence-corrected chi connectivity index (χ4v) is 0.753. The molecule has 2 amide bonds. The fourth-order valence-electron chi connectivity index (χ4n) is 0.753. The quantitative estimate of drug-likeness (QED) is 0.580. The molecule has 0 aromatic carbocycles. The zero-order valence-electron chi connectivity index (χ0n) is 7.18. The van der Waals surface area contributed by atoms with Gasteiger partial charge in [0.1, 0.15) is 5.82 Å². The van der Waals surface area contributed by atoms with E-state index in [1.165, 1.54) is 6.21 Å². The molecule has 14 heavy (non-hydrogen) atoms. The van der Waals surface area contributed by atoms with Crippen LogP contribution in [0.15, 0.2) is 34.0 Å². The third-order valence-electron chi connectivity index (χ3n) is 1.27. The number of amides is 2. The summed E-state index contributed by atoms with van der Waals surface area (Å²) in [5, 5.41) is 4.63. The average Bonchev–Trinajstić information content (AvgIpc) is 2.13. The first kappa shape index (κ1) is 9.85. The second kappa shape index (κ2) is 5.41. The van der Waals surface area contributed by atoms with E-state index >= 15 is 0 Å². The van der Waals surface area contributed by atoms with Crippen molar-refractivity contribution in [2.75, 3.05) is 0 Å². The molecule has 0 atom stereocenters. The predicted octanol–water partition coefficient (Wildman–Crippen LogP) is -0.684. The summed E-state index contributed by atoms with van der Waals surface area (Å²) in [5.41, 5.74) is 0. The zero-order valence-corrected chi connectivity index (χ0v) is 7.18. The van der Waals surface area contributed by atoms with E-state index < -0.39 is 0 Å². The van der Waals surface area contributed by atoms with Crippen LogP contribution in [0.2, 0.25) is 0 Å². The predicted molar refractivity (Wildman–Crippen MR) is 51.5 cm³/mol. The number of guanidine groups is 1. The Kier molecular flexibility index (Phi) is 3.81. The first-order chi connectivity index (χ1) is 6.86. The third-order valence-corrected chi connectivity index (χ3v) is 1.27. The molecule has 0 unspecified atom stereocenters. The summed E-state index contributed by atoms with van der Waals surface area (Å²) < 4.78 is 0. The van der Waals surface area contributed by atoms with Gasteiger partial charge in [-0.05, 0) is 12.2 Å². The highest BCUT2D eigenvalue weighted by atomic mass is 16.1. The van der Waals surface area contributed by atoms with Crippen LogP contribution in [0.4, 0.5) is 0 Å². The number of hydrogen-bond acceptors (Lipinski definition) is 4. The van der Waals surface area contributed by atoms with Crippen LogP contribution in [-0.2, 0) is 9.59 Å². The van der Waals surface area contributed by atoms with Gasteiger partial charge in [-0.3, -0.25) is 14.9 Å². The van der Waals surface area contributed by atoms with Crippen LogP contribution in [-0.4, -0.2) is 25.0 Å². The summed E-state index contributed by atoms with van der Waals surface area (Å²) in [6.07, 6.45) is 7.31. The molecular weight excluding hydrogens is 184 g/mol. The monoisotopic (exact) mass is 192 g/mol. The highest BCUT2D eigenvalue weighted by molar-refractivity contribution is 5.96. The molecule has 0 fully saturated rings. The molecule has 0 aromatic heterocycles. The first-order valence-electron chi connectivity index (χ1n) is 3.77. The van der Waals surface area contributed by atoms with Crippen molar-refractivity contribution in [3.05, 3.63) is 24.0 Å². The number of hydrogen-bond donors (Lipinski definition) is 2. The lowest BCUT2D eigenvalue weighted by Gasteiger charge is -2.02. The number of aliphatic imine (C=N–C) groups is 2. The average molecular weight is 192 g/mol. The maximum Gasteiger partial charge on any atom is 0.231 e. The van der Waals surface area contributed by atoms with Gasteiger partial charge in [0.25, 0.3) is 0 Å². The Bertz CT molecular complexity index is 330. The summed E-state index contributed by atoms with van der Waals surface area (Å²) in [5.74, 6) is 0.419. The summed E-state index contributed by atoms with van der Waals surface area (Å²) in [7, 11) is 0. The van der Waals surface area contributed by atoms with E-state index in [2.05, 4.69) is 20.6 Å². The highest BCUT2D eigenvalue weighted by Gasteiger charge is 1.97. The van der Waals surface area contributed by atoms with Crippen LogP contribution in [0.5, 0.6) is 0 Å². The number of rotatable bonds is 3. The van der Waals surface area contributed by atoms with Crippen molar-refractivity contribution in [2.45, 2.75) is 0 Å². The lowest BCUT2D eigenvalue weighted by Crippen LogP contribution is -2.22. The summed E-state index contributed by atoms with van der Waals surface area (Å²) in [6, 6.07) is 0. The Morgan fingerprint density at radius 2 is 1.93 bits per heavy atom. The Labute approximate surface area is 80.1 Å². The fraction of sp³-hybridized carbons (Fsp3) is 0. The molecule has 0 bridgehead atoms. The number of nitrogens with zero attached hydrogens (tertiary/aromatic N) is 2. The van der Waals surface area contributed by atoms with E-state index in [0.29, 0.717) is 18.6 Å². The van der Waals surface area contributed by atoms with Crippen LogP contribution in [0.1, 0.15) is 0 Å². The van der Waals surface area contributed by atoms with E-state index in [-0.39, 0.29) is 5.96 Å². The Hall–Kier alpha value is -2.24. The van der Waals surface area contributed by atoms with Gasteiger partial charge in [-0.1, -0.05) is 6.08 Å². The van der Waals surface area contributed by atoms with Gasteiger partial charge in [0, 0.05) is 6.21 Å². The summed E-state index contributed by atoms with van der Waals surface area (Å²) in [4.78, 5) is 28.0. The molecule has 0 radical (unpaired) electrons. The molecule has 6 nitrogen and oxygen atoms in total. The van der Waals surface area contributed by atoms with Crippen molar-refractivity contribution < 1.29 is 9.59 Å². The molecule has 0 spiro atoms. The molecule has 0 saturated heterocycles. The first-order valence-corrected chi connectivity index (χ1v) is 3.77. The summed E-state index contributed by atoms with van der Waals surface area (Å²) in [6.45, 7) is 0. The van der Waals surface area contributed by atoms with Crippen molar-refractivity contribution >= 4 is 25.0 Å². The lowest BCUT2D eigenvalue weighted by molar-refractivity contribution is -0.109. The third kappa shape index (κ3) is 3.02. The number of carbonyl (C=O) groups is 2. The van der Waals surface area contributed by atoms with Gasteiger partial charge in [0.2, 0.25) is 18.8 Å². The van der Waals surface area contributed by atoms with Gasteiger partial charge < -0.3 is 5.32 Å². The summed E-state index contributed by atoms with van der Waals surface area (Å²) >= 11 is 0. The number of carbonyl (C=O) groups excluding carboxylic acids is 2. The molecule has 1 aliphatic rings.